The Morgan fingerprint density at radius 1 is 1.22 bits per heavy atom. The van der Waals surface area contributed by atoms with Gasteiger partial charge in [0.1, 0.15) is 0 Å². The first-order valence-corrected chi connectivity index (χ1v) is 8.50. The molecule has 0 fully saturated rings. The van der Waals surface area contributed by atoms with E-state index < -0.39 is 6.55 Å². The Labute approximate surface area is 138 Å². The molecule has 0 spiro atoms. The van der Waals surface area contributed by atoms with Gasteiger partial charge < -0.3 is 4.90 Å². The van der Waals surface area contributed by atoms with Crippen molar-refractivity contribution in [1.82, 2.24) is 14.5 Å². The molecule has 1 aromatic carbocycles. The van der Waals surface area contributed by atoms with E-state index >= 15 is 0 Å². The third kappa shape index (κ3) is 3.83. The average molecular weight is 341 g/mol. The highest BCUT2D eigenvalue weighted by Gasteiger charge is 2.23. The number of carbonyl (C=O) groups excluding carboxylic acids is 1. The molecule has 0 aliphatic rings. The van der Waals surface area contributed by atoms with Gasteiger partial charge in [0.25, 0.3) is 0 Å². The SMILES string of the molecule is CC(C)N(C(=O)CSc1nc2ccccc2n1C(F)F)C(C)C. The first kappa shape index (κ1) is 17.7. The molecule has 0 atom stereocenters. The van der Waals surface area contributed by atoms with E-state index in [1.54, 1.807) is 29.2 Å². The van der Waals surface area contributed by atoms with E-state index in [-0.39, 0.29) is 28.9 Å². The fourth-order valence-corrected chi connectivity index (χ4v) is 3.57. The third-order valence-electron chi connectivity index (χ3n) is 3.48. The van der Waals surface area contributed by atoms with Crippen LogP contribution in [-0.2, 0) is 4.79 Å². The van der Waals surface area contributed by atoms with Crippen LogP contribution in [0.15, 0.2) is 29.4 Å². The van der Waals surface area contributed by atoms with Crippen molar-refractivity contribution in [2.45, 2.75) is 51.5 Å². The molecule has 1 aromatic heterocycles. The van der Waals surface area contributed by atoms with Gasteiger partial charge in [-0.3, -0.25) is 9.36 Å². The summed E-state index contributed by atoms with van der Waals surface area (Å²) >= 11 is 1.05. The molecule has 2 rings (SSSR count). The Hall–Kier alpha value is -1.63. The fourth-order valence-electron chi connectivity index (χ4n) is 2.69. The molecule has 7 heteroatoms. The van der Waals surface area contributed by atoms with E-state index in [2.05, 4.69) is 4.98 Å². The van der Waals surface area contributed by atoms with Crippen LogP contribution in [0, 0.1) is 0 Å². The quantitative estimate of drug-likeness (QED) is 0.740. The summed E-state index contributed by atoms with van der Waals surface area (Å²) in [6.07, 6.45) is 0. The molecule has 2 aromatic rings. The first-order chi connectivity index (χ1) is 10.8. The molecule has 0 radical (unpaired) electrons. The van der Waals surface area contributed by atoms with Gasteiger partial charge >= 0.3 is 6.55 Å². The van der Waals surface area contributed by atoms with Crippen molar-refractivity contribution >= 4 is 28.7 Å². The van der Waals surface area contributed by atoms with Crippen LogP contribution in [0.2, 0.25) is 0 Å². The van der Waals surface area contributed by atoms with Crippen molar-refractivity contribution < 1.29 is 13.6 Å². The van der Waals surface area contributed by atoms with Crippen LogP contribution in [0.4, 0.5) is 8.78 Å². The average Bonchev–Trinajstić information content (AvgIpc) is 2.82. The molecule has 1 heterocycles. The second-order valence-corrected chi connectivity index (χ2v) is 6.75. The number of fused-ring (bicyclic) bond motifs is 1. The van der Waals surface area contributed by atoms with Gasteiger partial charge in [0.2, 0.25) is 5.91 Å². The predicted octanol–water partition coefficient (Wildman–Crippen LogP) is 4.17. The number of hydrogen-bond acceptors (Lipinski definition) is 3. The van der Waals surface area contributed by atoms with E-state index in [1.807, 2.05) is 27.7 Å². The van der Waals surface area contributed by atoms with Crippen LogP contribution < -0.4 is 0 Å². The lowest BCUT2D eigenvalue weighted by molar-refractivity contribution is -0.131. The number of nitrogens with zero attached hydrogens (tertiary/aromatic N) is 3. The molecule has 0 aliphatic carbocycles. The number of halogens is 2. The zero-order valence-corrected chi connectivity index (χ0v) is 14.5. The minimum absolute atomic E-state index is 0.0667. The molecule has 126 valence electrons. The lowest BCUT2D eigenvalue weighted by atomic mass is 10.2. The molecule has 0 saturated heterocycles. The maximum Gasteiger partial charge on any atom is 0.321 e. The van der Waals surface area contributed by atoms with Crippen LogP contribution in [0.3, 0.4) is 0 Å². The van der Waals surface area contributed by atoms with Crippen molar-refractivity contribution in [3.05, 3.63) is 24.3 Å². The highest BCUT2D eigenvalue weighted by molar-refractivity contribution is 7.99. The van der Waals surface area contributed by atoms with Gasteiger partial charge in [-0.15, -0.1) is 0 Å². The summed E-state index contributed by atoms with van der Waals surface area (Å²) in [5.41, 5.74) is 0.884. The minimum Gasteiger partial charge on any atom is -0.337 e. The maximum atomic E-state index is 13.3. The van der Waals surface area contributed by atoms with Crippen LogP contribution in [-0.4, -0.2) is 38.2 Å². The number of para-hydroxylation sites is 2. The van der Waals surface area contributed by atoms with Crippen molar-refractivity contribution in [3.8, 4) is 0 Å². The number of imidazole rings is 1. The number of amides is 1. The normalized spacial score (nSPS) is 11.9. The van der Waals surface area contributed by atoms with Crippen LogP contribution in [0.1, 0.15) is 34.2 Å². The Kier molecular flexibility index (Phi) is 5.62. The van der Waals surface area contributed by atoms with Crippen molar-refractivity contribution in [2.24, 2.45) is 0 Å². The zero-order chi connectivity index (χ0) is 17.1. The minimum atomic E-state index is -2.69. The Balaban J connectivity index is 2.22. The van der Waals surface area contributed by atoms with Gasteiger partial charge in [-0.1, -0.05) is 23.9 Å². The second-order valence-electron chi connectivity index (χ2n) is 5.81. The van der Waals surface area contributed by atoms with Crippen LogP contribution in [0.25, 0.3) is 11.0 Å². The predicted molar refractivity (Wildman–Crippen MR) is 88.8 cm³/mol. The molecule has 0 N–H and O–H groups in total. The summed E-state index contributed by atoms with van der Waals surface area (Å²) in [7, 11) is 0. The Bertz CT molecular complexity index is 677. The van der Waals surface area contributed by atoms with Gasteiger partial charge in [-0.05, 0) is 39.8 Å². The van der Waals surface area contributed by atoms with Gasteiger partial charge in [0.15, 0.2) is 5.16 Å². The molecule has 0 unspecified atom stereocenters. The van der Waals surface area contributed by atoms with Gasteiger partial charge in [-0.2, -0.15) is 8.78 Å². The monoisotopic (exact) mass is 341 g/mol. The fraction of sp³-hybridized carbons (Fsp3) is 0.500. The number of thioether (sulfide) groups is 1. The molecule has 4 nitrogen and oxygen atoms in total. The smallest absolute Gasteiger partial charge is 0.321 e. The Morgan fingerprint density at radius 2 is 1.83 bits per heavy atom. The lowest BCUT2D eigenvalue weighted by Gasteiger charge is -2.30. The van der Waals surface area contributed by atoms with Crippen molar-refractivity contribution in [2.75, 3.05) is 5.75 Å². The number of benzene rings is 1. The number of rotatable bonds is 6. The van der Waals surface area contributed by atoms with E-state index in [1.165, 1.54) is 0 Å². The van der Waals surface area contributed by atoms with Gasteiger partial charge in [-0.25, -0.2) is 4.98 Å². The number of hydrogen-bond donors (Lipinski definition) is 0. The number of carbonyl (C=O) groups is 1. The second kappa shape index (κ2) is 7.29. The summed E-state index contributed by atoms with van der Waals surface area (Å²) in [6.45, 7) is 5.08. The van der Waals surface area contributed by atoms with Crippen molar-refractivity contribution in [3.63, 3.8) is 0 Å². The molecular weight excluding hydrogens is 320 g/mol. The van der Waals surface area contributed by atoms with Crippen molar-refractivity contribution in [1.29, 1.82) is 0 Å². The molecule has 23 heavy (non-hydrogen) atoms. The highest BCUT2D eigenvalue weighted by atomic mass is 32.2. The van der Waals surface area contributed by atoms with Crippen LogP contribution >= 0.6 is 11.8 Å². The standard InChI is InChI=1S/C16H21F2N3OS/c1-10(2)20(11(3)4)14(22)9-23-16-19-12-7-5-6-8-13(12)21(16)15(17)18/h5-8,10-11,15H,9H2,1-4H3. The zero-order valence-electron chi connectivity index (χ0n) is 13.7. The third-order valence-corrected chi connectivity index (χ3v) is 4.42. The Morgan fingerprint density at radius 3 is 2.39 bits per heavy atom. The topological polar surface area (TPSA) is 38.1 Å². The molecule has 0 bridgehead atoms. The molecule has 0 aliphatic heterocycles. The summed E-state index contributed by atoms with van der Waals surface area (Å²) in [5.74, 6) is 0.0136. The van der Waals surface area contributed by atoms with Crippen LogP contribution in [0.5, 0.6) is 0 Å². The summed E-state index contributed by atoms with van der Waals surface area (Å²) in [5, 5.41) is 0.169. The first-order valence-electron chi connectivity index (χ1n) is 7.52. The maximum absolute atomic E-state index is 13.3. The molecule has 1 amide bonds. The van der Waals surface area contributed by atoms with E-state index in [9.17, 15) is 13.6 Å². The van der Waals surface area contributed by atoms with E-state index in [0.717, 1.165) is 16.3 Å². The van der Waals surface area contributed by atoms with E-state index in [4.69, 9.17) is 0 Å². The van der Waals surface area contributed by atoms with Gasteiger partial charge in [0, 0.05) is 12.1 Å². The molecule has 0 saturated carbocycles. The summed E-state index contributed by atoms with van der Waals surface area (Å²) in [6, 6.07) is 6.88. The number of alkyl halides is 2. The lowest BCUT2D eigenvalue weighted by Crippen LogP contribution is -2.43. The highest BCUT2D eigenvalue weighted by Crippen LogP contribution is 2.29. The summed E-state index contributed by atoms with van der Waals surface area (Å²) in [4.78, 5) is 18.4. The molecular formula is C16H21F2N3OS. The van der Waals surface area contributed by atoms with E-state index in [0.29, 0.717) is 11.0 Å². The van der Waals surface area contributed by atoms with Gasteiger partial charge in [0.05, 0.1) is 16.8 Å². The summed E-state index contributed by atoms with van der Waals surface area (Å²) < 4.78 is 27.6. The number of aromatic nitrogens is 2. The largest absolute Gasteiger partial charge is 0.337 e.